The lowest BCUT2D eigenvalue weighted by Crippen LogP contribution is -1.97. The van der Waals surface area contributed by atoms with E-state index in [0.717, 1.165) is 39.5 Å². The van der Waals surface area contributed by atoms with Gasteiger partial charge in [-0.2, -0.15) is 0 Å². The first-order valence-corrected chi connectivity index (χ1v) is 13.2. The molecule has 37 heavy (non-hydrogen) atoms. The van der Waals surface area contributed by atoms with Crippen molar-refractivity contribution >= 4 is 31.5 Å². The molecule has 5 aromatic carbocycles. The van der Waals surface area contributed by atoms with Crippen LogP contribution in [-0.4, -0.2) is 9.97 Å². The topological polar surface area (TPSA) is 25.8 Å². The van der Waals surface area contributed by atoms with E-state index in [-0.39, 0.29) is 0 Å². The lowest BCUT2D eigenvalue weighted by molar-refractivity contribution is 1.18. The summed E-state index contributed by atoms with van der Waals surface area (Å²) in [7, 11) is 0. The zero-order chi connectivity index (χ0) is 24.6. The van der Waals surface area contributed by atoms with Crippen LogP contribution in [0.15, 0.2) is 133 Å². The lowest BCUT2D eigenvalue weighted by Gasteiger charge is -2.13. The number of rotatable bonds is 4. The predicted molar refractivity (Wildman–Crippen MR) is 157 cm³/mol. The van der Waals surface area contributed by atoms with Gasteiger partial charge in [0.15, 0.2) is 5.82 Å². The van der Waals surface area contributed by atoms with Gasteiger partial charge in [0.25, 0.3) is 0 Å². The third-order valence-electron chi connectivity index (χ3n) is 6.72. The second kappa shape index (κ2) is 9.12. The highest BCUT2D eigenvalue weighted by atomic mass is 32.1. The summed E-state index contributed by atoms with van der Waals surface area (Å²) in [6, 6.07) is 46.6. The molecule has 0 aliphatic rings. The van der Waals surface area contributed by atoms with Gasteiger partial charge in [-0.15, -0.1) is 11.3 Å². The van der Waals surface area contributed by atoms with E-state index in [9.17, 15) is 0 Å². The maximum atomic E-state index is 5.08. The zero-order valence-electron chi connectivity index (χ0n) is 20.0. The number of hydrogen-bond acceptors (Lipinski definition) is 3. The van der Waals surface area contributed by atoms with E-state index in [1.54, 1.807) is 0 Å². The number of thiophene rings is 1. The van der Waals surface area contributed by atoms with Crippen molar-refractivity contribution in [2.24, 2.45) is 0 Å². The zero-order valence-corrected chi connectivity index (χ0v) is 20.8. The number of hydrogen-bond donors (Lipinski definition) is 0. The van der Waals surface area contributed by atoms with Gasteiger partial charge in [-0.25, -0.2) is 9.97 Å². The van der Waals surface area contributed by atoms with Crippen molar-refractivity contribution in [1.82, 2.24) is 9.97 Å². The summed E-state index contributed by atoms with van der Waals surface area (Å²) in [6.07, 6.45) is 0. The molecule has 0 spiro atoms. The molecule has 0 atom stereocenters. The van der Waals surface area contributed by atoms with Crippen LogP contribution in [0.2, 0.25) is 0 Å². The van der Waals surface area contributed by atoms with Crippen molar-refractivity contribution in [3.63, 3.8) is 0 Å². The Morgan fingerprint density at radius 3 is 1.84 bits per heavy atom. The summed E-state index contributed by atoms with van der Waals surface area (Å²) in [5, 5.41) is 2.60. The van der Waals surface area contributed by atoms with Crippen molar-refractivity contribution in [3.05, 3.63) is 133 Å². The molecule has 0 saturated carbocycles. The Hall–Kier alpha value is -4.60. The van der Waals surface area contributed by atoms with Crippen LogP contribution in [0, 0.1) is 0 Å². The molecule has 2 aromatic heterocycles. The highest BCUT2D eigenvalue weighted by Crippen LogP contribution is 2.39. The summed E-state index contributed by atoms with van der Waals surface area (Å²) >= 11 is 1.84. The van der Waals surface area contributed by atoms with Crippen LogP contribution in [-0.2, 0) is 0 Å². The van der Waals surface area contributed by atoms with E-state index in [2.05, 4.69) is 97.1 Å². The second-order valence-electron chi connectivity index (χ2n) is 9.05. The fourth-order valence-electron chi connectivity index (χ4n) is 4.91. The second-order valence-corrected chi connectivity index (χ2v) is 10.1. The lowest BCUT2D eigenvalue weighted by atomic mass is 9.95. The van der Waals surface area contributed by atoms with Gasteiger partial charge in [0.1, 0.15) is 0 Å². The van der Waals surface area contributed by atoms with Crippen LogP contribution >= 0.6 is 11.3 Å². The Labute approximate surface area is 219 Å². The average molecular weight is 491 g/mol. The SMILES string of the molecule is c1ccc(-c2cc(-c3ccccc3-c3ccc4sc5ccccc5c4c3)nc(-c3ccccc3)n2)cc1. The van der Waals surface area contributed by atoms with Crippen LogP contribution in [0.3, 0.4) is 0 Å². The minimum atomic E-state index is 0.728. The summed E-state index contributed by atoms with van der Waals surface area (Å²) in [6.45, 7) is 0. The minimum Gasteiger partial charge on any atom is -0.228 e. The van der Waals surface area contributed by atoms with Crippen molar-refractivity contribution in [3.8, 4) is 45.0 Å². The quantitative estimate of drug-likeness (QED) is 0.245. The van der Waals surface area contributed by atoms with Crippen LogP contribution in [0.4, 0.5) is 0 Å². The molecule has 3 heteroatoms. The summed E-state index contributed by atoms with van der Waals surface area (Å²) in [4.78, 5) is 10.0. The molecular weight excluding hydrogens is 468 g/mol. The van der Waals surface area contributed by atoms with Crippen molar-refractivity contribution in [1.29, 1.82) is 0 Å². The third kappa shape index (κ3) is 4.00. The molecule has 0 radical (unpaired) electrons. The van der Waals surface area contributed by atoms with E-state index in [4.69, 9.17) is 9.97 Å². The Kier molecular flexibility index (Phi) is 5.34. The van der Waals surface area contributed by atoms with E-state index in [1.807, 2.05) is 47.7 Å². The van der Waals surface area contributed by atoms with Crippen molar-refractivity contribution in [2.45, 2.75) is 0 Å². The number of aromatic nitrogens is 2. The van der Waals surface area contributed by atoms with E-state index in [0.29, 0.717) is 0 Å². The highest BCUT2D eigenvalue weighted by Gasteiger charge is 2.15. The van der Waals surface area contributed by atoms with E-state index in [1.165, 1.54) is 25.7 Å². The Bertz CT molecular complexity index is 1810. The molecule has 7 rings (SSSR count). The monoisotopic (exact) mass is 490 g/mol. The molecule has 0 amide bonds. The molecule has 0 bridgehead atoms. The Morgan fingerprint density at radius 1 is 0.405 bits per heavy atom. The van der Waals surface area contributed by atoms with Gasteiger partial charge in [-0.1, -0.05) is 109 Å². The van der Waals surface area contributed by atoms with E-state index < -0.39 is 0 Å². The van der Waals surface area contributed by atoms with Gasteiger partial charge in [-0.3, -0.25) is 0 Å². The van der Waals surface area contributed by atoms with Gasteiger partial charge >= 0.3 is 0 Å². The largest absolute Gasteiger partial charge is 0.228 e. The fraction of sp³-hybridized carbons (Fsp3) is 0. The fourth-order valence-corrected chi connectivity index (χ4v) is 6.00. The maximum Gasteiger partial charge on any atom is 0.160 e. The number of fused-ring (bicyclic) bond motifs is 3. The molecule has 0 unspecified atom stereocenters. The third-order valence-corrected chi connectivity index (χ3v) is 7.87. The first-order valence-electron chi connectivity index (χ1n) is 12.3. The molecule has 2 heterocycles. The average Bonchev–Trinajstić information content (AvgIpc) is 3.36. The van der Waals surface area contributed by atoms with E-state index >= 15 is 0 Å². The molecular formula is C34H22N2S. The van der Waals surface area contributed by atoms with Crippen molar-refractivity contribution in [2.75, 3.05) is 0 Å². The smallest absolute Gasteiger partial charge is 0.160 e. The van der Waals surface area contributed by atoms with Crippen LogP contribution in [0.25, 0.3) is 65.2 Å². The first kappa shape index (κ1) is 21.7. The molecule has 0 aliphatic carbocycles. The van der Waals surface area contributed by atoms with Crippen molar-refractivity contribution < 1.29 is 0 Å². The van der Waals surface area contributed by atoms with Gasteiger partial charge in [0.2, 0.25) is 0 Å². The number of nitrogens with zero attached hydrogens (tertiary/aromatic N) is 2. The molecule has 0 saturated heterocycles. The standard InChI is InChI=1S/C34H22N2S/c1-3-11-23(12-4-1)30-22-31(36-34(35-30)24-13-5-2-6-14-24)27-16-8-7-15-26(27)25-19-20-33-29(21-25)28-17-9-10-18-32(28)37-33/h1-22H. The summed E-state index contributed by atoms with van der Waals surface area (Å²) in [5.41, 5.74) is 7.36. The molecule has 174 valence electrons. The highest BCUT2D eigenvalue weighted by molar-refractivity contribution is 7.25. The van der Waals surface area contributed by atoms with Crippen LogP contribution < -0.4 is 0 Å². The molecule has 7 aromatic rings. The summed E-state index contributed by atoms with van der Waals surface area (Å²) in [5.74, 6) is 0.728. The molecule has 0 N–H and O–H groups in total. The Morgan fingerprint density at radius 2 is 1.03 bits per heavy atom. The van der Waals surface area contributed by atoms with Gasteiger partial charge in [0, 0.05) is 36.9 Å². The van der Waals surface area contributed by atoms with Gasteiger partial charge in [-0.05, 0) is 35.4 Å². The summed E-state index contributed by atoms with van der Waals surface area (Å²) < 4.78 is 2.63. The van der Waals surface area contributed by atoms with Crippen LogP contribution in [0.1, 0.15) is 0 Å². The molecule has 0 fully saturated rings. The van der Waals surface area contributed by atoms with Gasteiger partial charge < -0.3 is 0 Å². The molecule has 2 nitrogen and oxygen atoms in total. The normalized spacial score (nSPS) is 11.2. The predicted octanol–water partition coefficient (Wildman–Crippen LogP) is 9.51. The maximum absolute atomic E-state index is 5.08. The van der Waals surface area contributed by atoms with Gasteiger partial charge in [0.05, 0.1) is 11.4 Å². The Balaban J connectivity index is 1.44. The van der Waals surface area contributed by atoms with Crippen LogP contribution in [0.5, 0.6) is 0 Å². The first-order chi connectivity index (χ1) is 18.3. The molecule has 0 aliphatic heterocycles. The number of benzene rings is 5. The minimum absolute atomic E-state index is 0.728.